The molecule has 1 heterocycles. The van der Waals surface area contributed by atoms with Crippen molar-refractivity contribution in [3.63, 3.8) is 0 Å². The minimum Gasteiger partial charge on any atom is -0.241 e. The quantitative estimate of drug-likeness (QED) is 0.629. The molecule has 0 spiro atoms. The van der Waals surface area contributed by atoms with Crippen molar-refractivity contribution in [1.82, 2.24) is 9.97 Å². The Hall–Kier alpha value is -1.18. The molecule has 12 heavy (non-hydrogen) atoms. The Kier molecular flexibility index (Phi) is 1.68. The van der Waals surface area contributed by atoms with Crippen molar-refractivity contribution in [1.29, 1.82) is 0 Å². The summed E-state index contributed by atoms with van der Waals surface area (Å²) in [5.74, 6) is 1.37. The second-order valence-electron chi connectivity index (χ2n) is 3.40. The van der Waals surface area contributed by atoms with Crippen LogP contribution in [-0.2, 0) is 6.42 Å². The Morgan fingerprint density at radius 3 is 3.00 bits per heavy atom. The summed E-state index contributed by atoms with van der Waals surface area (Å²) >= 11 is 0. The summed E-state index contributed by atoms with van der Waals surface area (Å²) in [6, 6.07) is 0. The van der Waals surface area contributed by atoms with Crippen molar-refractivity contribution < 1.29 is 0 Å². The number of hydrogen-bond acceptors (Lipinski definition) is 2. The zero-order chi connectivity index (χ0) is 8.55. The number of fused-ring (bicyclic) bond motifs is 1. The third-order valence-electron chi connectivity index (χ3n) is 2.05. The Bertz CT molecular complexity index is 327. The molecular weight excluding hydrogens is 148 g/mol. The highest BCUT2D eigenvalue weighted by atomic mass is 14.9. The Morgan fingerprint density at radius 1 is 1.42 bits per heavy atom. The van der Waals surface area contributed by atoms with Crippen molar-refractivity contribution in [3.8, 4) is 0 Å². The largest absolute Gasteiger partial charge is 0.241 e. The van der Waals surface area contributed by atoms with Gasteiger partial charge in [0.1, 0.15) is 5.82 Å². The molecule has 0 amide bonds. The van der Waals surface area contributed by atoms with Crippen molar-refractivity contribution in [3.05, 3.63) is 29.4 Å². The molecule has 0 aromatic carbocycles. The van der Waals surface area contributed by atoms with Crippen LogP contribution >= 0.6 is 0 Å². The molecule has 0 fully saturated rings. The van der Waals surface area contributed by atoms with Crippen molar-refractivity contribution >= 4 is 6.08 Å². The zero-order valence-electron chi connectivity index (χ0n) is 7.41. The molecule has 0 radical (unpaired) electrons. The minimum atomic E-state index is 0.421. The van der Waals surface area contributed by atoms with E-state index >= 15 is 0 Å². The van der Waals surface area contributed by atoms with Gasteiger partial charge in [-0.1, -0.05) is 19.9 Å². The molecule has 2 nitrogen and oxygen atoms in total. The molecule has 0 saturated heterocycles. The van der Waals surface area contributed by atoms with Gasteiger partial charge in [-0.05, 0) is 18.1 Å². The lowest BCUT2D eigenvalue weighted by molar-refractivity contribution is 0.768. The monoisotopic (exact) mass is 160 g/mol. The van der Waals surface area contributed by atoms with Gasteiger partial charge in [0, 0.05) is 12.1 Å². The number of rotatable bonds is 1. The predicted octanol–water partition coefficient (Wildman–Crippen LogP) is 2.17. The number of aromatic nitrogens is 2. The lowest BCUT2D eigenvalue weighted by Crippen LogP contribution is -1.99. The fourth-order valence-electron chi connectivity index (χ4n) is 1.31. The molecule has 1 aromatic heterocycles. The number of hydrogen-bond donors (Lipinski definition) is 0. The van der Waals surface area contributed by atoms with E-state index in [1.54, 1.807) is 0 Å². The summed E-state index contributed by atoms with van der Waals surface area (Å²) in [5, 5.41) is 0. The van der Waals surface area contributed by atoms with Gasteiger partial charge in [0.15, 0.2) is 0 Å². The Labute approximate surface area is 72.4 Å². The van der Waals surface area contributed by atoms with Gasteiger partial charge >= 0.3 is 0 Å². The highest BCUT2D eigenvalue weighted by molar-refractivity contribution is 5.55. The number of allylic oxidation sites excluding steroid dienone is 1. The highest BCUT2D eigenvalue weighted by Crippen LogP contribution is 2.18. The maximum absolute atomic E-state index is 4.45. The van der Waals surface area contributed by atoms with Crippen molar-refractivity contribution in [2.24, 2.45) is 0 Å². The van der Waals surface area contributed by atoms with Gasteiger partial charge in [0.05, 0.1) is 5.69 Å². The maximum Gasteiger partial charge on any atom is 0.131 e. The van der Waals surface area contributed by atoms with Gasteiger partial charge in [-0.2, -0.15) is 0 Å². The molecule has 2 heteroatoms. The Morgan fingerprint density at radius 2 is 2.25 bits per heavy atom. The standard InChI is InChI=1S/C10H12N2/c1-7(2)10-11-6-8-4-3-5-9(8)12-10/h3,5-7H,4H2,1-2H3. The van der Waals surface area contributed by atoms with Gasteiger partial charge in [-0.15, -0.1) is 0 Å². The SMILES string of the molecule is CC(C)c1ncc2c(n1)C=CC2. The lowest BCUT2D eigenvalue weighted by atomic mass is 10.2. The van der Waals surface area contributed by atoms with Crippen LogP contribution in [0.15, 0.2) is 12.3 Å². The third-order valence-corrected chi connectivity index (χ3v) is 2.05. The molecule has 1 aliphatic rings. The van der Waals surface area contributed by atoms with Crippen LogP contribution < -0.4 is 0 Å². The third kappa shape index (κ3) is 1.13. The van der Waals surface area contributed by atoms with Gasteiger partial charge < -0.3 is 0 Å². The fourth-order valence-corrected chi connectivity index (χ4v) is 1.31. The van der Waals surface area contributed by atoms with E-state index in [-0.39, 0.29) is 0 Å². The molecule has 1 aromatic rings. The molecule has 62 valence electrons. The first-order valence-corrected chi connectivity index (χ1v) is 4.29. The first-order chi connectivity index (χ1) is 5.77. The topological polar surface area (TPSA) is 25.8 Å². The van der Waals surface area contributed by atoms with Crippen molar-refractivity contribution in [2.75, 3.05) is 0 Å². The molecule has 0 unspecified atom stereocenters. The van der Waals surface area contributed by atoms with E-state index in [1.165, 1.54) is 5.56 Å². The first-order valence-electron chi connectivity index (χ1n) is 4.29. The summed E-state index contributed by atoms with van der Waals surface area (Å²) in [6.45, 7) is 4.22. The second-order valence-corrected chi connectivity index (χ2v) is 3.40. The number of nitrogens with zero attached hydrogens (tertiary/aromatic N) is 2. The van der Waals surface area contributed by atoms with Crippen LogP contribution in [0.5, 0.6) is 0 Å². The molecule has 0 atom stereocenters. The summed E-state index contributed by atoms with van der Waals surface area (Å²) < 4.78 is 0. The molecule has 0 saturated carbocycles. The average Bonchev–Trinajstić information content (AvgIpc) is 2.49. The molecule has 2 rings (SSSR count). The summed E-state index contributed by atoms with van der Waals surface area (Å²) in [6.07, 6.45) is 7.14. The summed E-state index contributed by atoms with van der Waals surface area (Å²) in [4.78, 5) is 8.75. The van der Waals surface area contributed by atoms with Gasteiger partial charge in [0.25, 0.3) is 0 Å². The second kappa shape index (κ2) is 2.70. The molecule has 0 aliphatic heterocycles. The van der Waals surface area contributed by atoms with Gasteiger partial charge in [-0.3, -0.25) is 0 Å². The first kappa shape index (κ1) is 7.47. The molecule has 1 aliphatic carbocycles. The van der Waals surface area contributed by atoms with E-state index in [0.29, 0.717) is 5.92 Å². The van der Waals surface area contributed by atoms with E-state index in [2.05, 4.69) is 36.0 Å². The van der Waals surface area contributed by atoms with Crippen LogP contribution in [0.2, 0.25) is 0 Å². The molecule has 0 bridgehead atoms. The van der Waals surface area contributed by atoms with Crippen LogP contribution in [0.25, 0.3) is 6.08 Å². The zero-order valence-corrected chi connectivity index (χ0v) is 7.41. The van der Waals surface area contributed by atoms with E-state index in [9.17, 15) is 0 Å². The van der Waals surface area contributed by atoms with Crippen LogP contribution in [0.4, 0.5) is 0 Å². The van der Waals surface area contributed by atoms with Crippen LogP contribution in [0.3, 0.4) is 0 Å². The van der Waals surface area contributed by atoms with Crippen LogP contribution in [0.1, 0.15) is 36.8 Å². The predicted molar refractivity (Wildman–Crippen MR) is 48.9 cm³/mol. The summed E-state index contributed by atoms with van der Waals surface area (Å²) in [7, 11) is 0. The fraction of sp³-hybridized carbons (Fsp3) is 0.400. The molecule has 0 N–H and O–H groups in total. The van der Waals surface area contributed by atoms with Crippen molar-refractivity contribution in [2.45, 2.75) is 26.2 Å². The van der Waals surface area contributed by atoms with Gasteiger partial charge in [0.2, 0.25) is 0 Å². The minimum absolute atomic E-state index is 0.421. The van der Waals surface area contributed by atoms with E-state index < -0.39 is 0 Å². The highest BCUT2D eigenvalue weighted by Gasteiger charge is 2.09. The van der Waals surface area contributed by atoms with Crippen LogP contribution in [-0.4, -0.2) is 9.97 Å². The smallest absolute Gasteiger partial charge is 0.131 e. The summed E-state index contributed by atoms with van der Waals surface area (Å²) in [5.41, 5.74) is 2.35. The Balaban J connectivity index is 2.44. The van der Waals surface area contributed by atoms with E-state index in [0.717, 1.165) is 17.9 Å². The van der Waals surface area contributed by atoms with Crippen LogP contribution in [0, 0.1) is 0 Å². The van der Waals surface area contributed by atoms with E-state index in [1.807, 2.05) is 6.20 Å². The van der Waals surface area contributed by atoms with Gasteiger partial charge in [-0.25, -0.2) is 9.97 Å². The lowest BCUT2D eigenvalue weighted by Gasteiger charge is -2.04. The average molecular weight is 160 g/mol. The normalized spacial score (nSPS) is 13.9. The maximum atomic E-state index is 4.45. The van der Waals surface area contributed by atoms with E-state index in [4.69, 9.17) is 0 Å². The molecular formula is C10H12N2.